The minimum atomic E-state index is -0.352. The first kappa shape index (κ1) is 15.7. The quantitative estimate of drug-likeness (QED) is 0.755. The Kier molecular flexibility index (Phi) is 4.56. The van der Waals surface area contributed by atoms with Gasteiger partial charge in [0.2, 0.25) is 0 Å². The Morgan fingerprint density at radius 3 is 2.54 bits per heavy atom. The van der Waals surface area contributed by atoms with Crippen molar-refractivity contribution in [2.45, 2.75) is 6.42 Å². The highest BCUT2D eigenvalue weighted by Crippen LogP contribution is 2.15. The van der Waals surface area contributed by atoms with E-state index in [1.165, 1.54) is 24.3 Å². The van der Waals surface area contributed by atoms with E-state index in [-0.39, 0.29) is 17.4 Å². The lowest BCUT2D eigenvalue weighted by molar-refractivity contribution is 0.102. The lowest BCUT2D eigenvalue weighted by atomic mass is 10.1. The molecule has 1 amide bonds. The molecular weight excluding hydrogens is 309 g/mol. The van der Waals surface area contributed by atoms with Crippen molar-refractivity contribution in [3.05, 3.63) is 77.4 Å². The minimum Gasteiger partial charge on any atom is -0.497 e. The van der Waals surface area contributed by atoms with Crippen LogP contribution in [0, 0.1) is 5.82 Å². The molecule has 0 aliphatic rings. The molecule has 1 heterocycles. The first-order chi connectivity index (χ1) is 11.6. The summed E-state index contributed by atoms with van der Waals surface area (Å²) in [5.41, 5.74) is 2.69. The molecule has 6 heteroatoms. The average Bonchev–Trinajstić information content (AvgIpc) is 3.06. The predicted molar refractivity (Wildman–Crippen MR) is 88.7 cm³/mol. The van der Waals surface area contributed by atoms with E-state index >= 15 is 0 Å². The zero-order valence-electron chi connectivity index (χ0n) is 13.0. The number of nitrogens with one attached hydrogen (secondary N) is 2. The van der Waals surface area contributed by atoms with Crippen LogP contribution in [0.2, 0.25) is 0 Å². The normalized spacial score (nSPS) is 10.4. The van der Waals surface area contributed by atoms with E-state index in [2.05, 4.69) is 15.5 Å². The van der Waals surface area contributed by atoms with Crippen LogP contribution in [0.4, 0.5) is 10.1 Å². The number of aromatic amines is 1. The summed E-state index contributed by atoms with van der Waals surface area (Å²) >= 11 is 0. The molecule has 0 saturated carbocycles. The standard InChI is InChI=1S/C18H16FN3O2/c1-24-16-8-2-12(3-9-16)10-15-11-17(22-21-15)18(23)20-14-6-4-13(19)5-7-14/h2-9,11H,10H2,1H3,(H,20,23)(H,21,22). The smallest absolute Gasteiger partial charge is 0.276 e. The van der Waals surface area contributed by atoms with Crippen molar-refractivity contribution in [1.82, 2.24) is 10.2 Å². The Morgan fingerprint density at radius 1 is 1.17 bits per heavy atom. The van der Waals surface area contributed by atoms with Crippen LogP contribution in [0.15, 0.2) is 54.6 Å². The summed E-state index contributed by atoms with van der Waals surface area (Å²) in [6.45, 7) is 0. The number of methoxy groups -OCH3 is 1. The molecule has 3 rings (SSSR count). The lowest BCUT2D eigenvalue weighted by Gasteiger charge is -2.02. The SMILES string of the molecule is COc1ccc(Cc2cc(C(=O)Nc3ccc(F)cc3)n[nH]2)cc1. The fraction of sp³-hybridized carbons (Fsp3) is 0.111. The first-order valence-electron chi connectivity index (χ1n) is 7.38. The fourth-order valence-corrected chi connectivity index (χ4v) is 2.26. The lowest BCUT2D eigenvalue weighted by Crippen LogP contribution is -2.12. The molecule has 2 N–H and O–H groups in total. The second-order valence-corrected chi connectivity index (χ2v) is 5.26. The van der Waals surface area contributed by atoms with Crippen molar-refractivity contribution in [3.8, 4) is 5.75 Å². The van der Waals surface area contributed by atoms with Crippen LogP contribution < -0.4 is 10.1 Å². The Balaban J connectivity index is 1.65. The maximum Gasteiger partial charge on any atom is 0.276 e. The molecule has 0 fully saturated rings. The van der Waals surface area contributed by atoms with Crippen LogP contribution in [0.1, 0.15) is 21.7 Å². The number of carbonyl (C=O) groups excluding carboxylic acids is 1. The van der Waals surface area contributed by atoms with Crippen LogP contribution >= 0.6 is 0 Å². The van der Waals surface area contributed by atoms with Gasteiger partial charge >= 0.3 is 0 Å². The van der Waals surface area contributed by atoms with Crippen LogP contribution in [-0.2, 0) is 6.42 Å². The fourth-order valence-electron chi connectivity index (χ4n) is 2.26. The number of H-pyrrole nitrogens is 1. The van der Waals surface area contributed by atoms with E-state index in [9.17, 15) is 9.18 Å². The molecule has 0 aliphatic heterocycles. The van der Waals surface area contributed by atoms with Gasteiger partial charge in [0, 0.05) is 17.8 Å². The van der Waals surface area contributed by atoms with Crippen molar-refractivity contribution in [2.75, 3.05) is 12.4 Å². The molecule has 3 aromatic rings. The third kappa shape index (κ3) is 3.78. The van der Waals surface area contributed by atoms with Gasteiger partial charge in [0.15, 0.2) is 5.69 Å². The molecule has 0 atom stereocenters. The number of ether oxygens (including phenoxy) is 1. The maximum atomic E-state index is 12.9. The second-order valence-electron chi connectivity index (χ2n) is 5.26. The zero-order valence-corrected chi connectivity index (χ0v) is 13.0. The highest BCUT2D eigenvalue weighted by atomic mass is 19.1. The van der Waals surface area contributed by atoms with E-state index < -0.39 is 0 Å². The van der Waals surface area contributed by atoms with Crippen LogP contribution in [0.25, 0.3) is 0 Å². The van der Waals surface area contributed by atoms with Gasteiger partial charge in [0.1, 0.15) is 11.6 Å². The summed E-state index contributed by atoms with van der Waals surface area (Å²) in [6, 6.07) is 14.9. The average molecular weight is 325 g/mol. The molecule has 0 aliphatic carbocycles. The minimum absolute atomic E-state index is 0.280. The summed E-state index contributed by atoms with van der Waals surface area (Å²) in [7, 11) is 1.62. The van der Waals surface area contributed by atoms with Gasteiger partial charge in [0.05, 0.1) is 7.11 Å². The summed E-state index contributed by atoms with van der Waals surface area (Å²) in [6.07, 6.45) is 0.626. The molecule has 0 radical (unpaired) electrons. The van der Waals surface area contributed by atoms with E-state index in [4.69, 9.17) is 4.74 Å². The molecule has 0 spiro atoms. The topological polar surface area (TPSA) is 67.0 Å². The van der Waals surface area contributed by atoms with Crippen LogP contribution in [0.3, 0.4) is 0 Å². The van der Waals surface area contributed by atoms with Crippen LogP contribution in [-0.4, -0.2) is 23.2 Å². The Morgan fingerprint density at radius 2 is 1.88 bits per heavy atom. The Labute approximate surface area is 138 Å². The van der Waals surface area contributed by atoms with Gasteiger partial charge in [0.25, 0.3) is 5.91 Å². The van der Waals surface area contributed by atoms with Gasteiger partial charge in [-0.15, -0.1) is 0 Å². The molecule has 24 heavy (non-hydrogen) atoms. The van der Waals surface area contributed by atoms with Crippen molar-refractivity contribution in [1.29, 1.82) is 0 Å². The molecule has 0 bridgehead atoms. The Hall–Kier alpha value is -3.15. The highest BCUT2D eigenvalue weighted by Gasteiger charge is 2.11. The number of nitrogens with zero attached hydrogens (tertiary/aromatic N) is 1. The van der Waals surface area contributed by atoms with Gasteiger partial charge < -0.3 is 10.1 Å². The molecule has 1 aromatic heterocycles. The number of carbonyl (C=O) groups is 1. The van der Waals surface area contributed by atoms with Gasteiger partial charge in [-0.25, -0.2) is 4.39 Å². The third-order valence-corrected chi connectivity index (χ3v) is 3.52. The zero-order chi connectivity index (χ0) is 16.9. The summed E-state index contributed by atoms with van der Waals surface area (Å²) in [4.78, 5) is 12.1. The number of rotatable bonds is 5. The van der Waals surface area contributed by atoms with E-state index in [1.54, 1.807) is 13.2 Å². The Bertz CT molecular complexity index is 826. The molecule has 122 valence electrons. The summed E-state index contributed by atoms with van der Waals surface area (Å²) in [5, 5.41) is 9.55. The number of hydrogen-bond acceptors (Lipinski definition) is 3. The second kappa shape index (κ2) is 6.95. The van der Waals surface area contributed by atoms with E-state index in [1.807, 2.05) is 24.3 Å². The monoisotopic (exact) mass is 325 g/mol. The number of benzene rings is 2. The molecule has 0 unspecified atom stereocenters. The van der Waals surface area contributed by atoms with Gasteiger partial charge in [-0.3, -0.25) is 9.89 Å². The summed E-state index contributed by atoms with van der Waals surface area (Å²) < 4.78 is 18.0. The number of amides is 1. The van der Waals surface area contributed by atoms with Gasteiger partial charge in [-0.05, 0) is 48.0 Å². The molecule has 0 saturated heterocycles. The van der Waals surface area contributed by atoms with Gasteiger partial charge in [-0.1, -0.05) is 12.1 Å². The van der Waals surface area contributed by atoms with Crippen LogP contribution in [0.5, 0.6) is 5.75 Å². The van der Waals surface area contributed by atoms with E-state index in [0.717, 1.165) is 17.0 Å². The first-order valence-corrected chi connectivity index (χ1v) is 7.38. The van der Waals surface area contributed by atoms with Crippen molar-refractivity contribution < 1.29 is 13.9 Å². The number of aromatic nitrogens is 2. The summed E-state index contributed by atoms with van der Waals surface area (Å²) in [5.74, 6) is 0.0936. The number of anilines is 1. The van der Waals surface area contributed by atoms with Crippen molar-refractivity contribution in [3.63, 3.8) is 0 Å². The molecule has 5 nitrogen and oxygen atoms in total. The van der Waals surface area contributed by atoms with E-state index in [0.29, 0.717) is 12.1 Å². The largest absolute Gasteiger partial charge is 0.497 e. The molecular formula is C18H16FN3O2. The third-order valence-electron chi connectivity index (χ3n) is 3.52. The molecule has 2 aromatic carbocycles. The predicted octanol–water partition coefficient (Wildman–Crippen LogP) is 3.40. The van der Waals surface area contributed by atoms with Crippen molar-refractivity contribution in [2.24, 2.45) is 0 Å². The van der Waals surface area contributed by atoms with Crippen molar-refractivity contribution >= 4 is 11.6 Å². The number of hydrogen-bond donors (Lipinski definition) is 2. The number of halogens is 1. The van der Waals surface area contributed by atoms with Gasteiger partial charge in [-0.2, -0.15) is 5.10 Å². The highest BCUT2D eigenvalue weighted by molar-refractivity contribution is 6.02. The maximum absolute atomic E-state index is 12.9.